The van der Waals surface area contributed by atoms with Gasteiger partial charge in [0.1, 0.15) is 29.3 Å². The van der Waals surface area contributed by atoms with E-state index in [4.69, 9.17) is 9.47 Å². The van der Waals surface area contributed by atoms with Crippen molar-refractivity contribution in [2.45, 2.75) is 120 Å². The van der Waals surface area contributed by atoms with Gasteiger partial charge in [-0.25, -0.2) is 23.2 Å². The molecule has 0 bridgehead atoms. The minimum absolute atomic E-state index is 0.134. The van der Waals surface area contributed by atoms with Crippen molar-refractivity contribution < 1.29 is 47.3 Å². The first kappa shape index (κ1) is 33.4. The summed E-state index contributed by atoms with van der Waals surface area (Å²) in [6.45, 7) is 5.24. The molecule has 14 heteroatoms. The number of rotatable bonds is 3. The normalized spacial score (nSPS) is 29.7. The van der Waals surface area contributed by atoms with Crippen LogP contribution in [-0.2, 0) is 36.9 Å². The van der Waals surface area contributed by atoms with Crippen molar-refractivity contribution in [2.75, 3.05) is 6.54 Å². The van der Waals surface area contributed by atoms with Crippen LogP contribution in [0.2, 0.25) is 0 Å². The summed E-state index contributed by atoms with van der Waals surface area (Å²) >= 11 is 0. The molecular weight excluding hydrogens is 606 g/mol. The summed E-state index contributed by atoms with van der Waals surface area (Å²) in [5.41, 5.74) is -0.565. The van der Waals surface area contributed by atoms with E-state index in [0.717, 1.165) is 16.0 Å². The summed E-state index contributed by atoms with van der Waals surface area (Å²) in [5, 5.41) is 15.1. The molecule has 0 unspecified atom stereocenters. The fourth-order valence-corrected chi connectivity index (χ4v) is 6.67. The summed E-state index contributed by atoms with van der Waals surface area (Å²) in [4.78, 5) is 68.5. The van der Waals surface area contributed by atoms with E-state index in [1.54, 1.807) is 20.8 Å². The molecule has 252 valence electrons. The van der Waals surface area contributed by atoms with Crippen LogP contribution >= 0.6 is 0 Å². The number of hydrogen-bond donors (Lipinski definition) is 3. The Kier molecular flexibility index (Phi) is 9.20. The highest BCUT2D eigenvalue weighted by atomic mass is 19.3. The van der Waals surface area contributed by atoms with Crippen molar-refractivity contribution in [3.05, 3.63) is 35.4 Å². The Morgan fingerprint density at radius 3 is 2.35 bits per heavy atom. The van der Waals surface area contributed by atoms with E-state index in [0.29, 0.717) is 25.9 Å². The predicted octanol–water partition coefficient (Wildman–Crippen LogP) is 3.95. The third kappa shape index (κ3) is 7.52. The average molecular weight is 649 g/mol. The molecule has 3 aliphatic heterocycles. The molecule has 1 saturated carbocycles. The van der Waals surface area contributed by atoms with Gasteiger partial charge in [0.15, 0.2) is 0 Å². The Balaban J connectivity index is 1.39. The van der Waals surface area contributed by atoms with Crippen molar-refractivity contribution in [3.8, 4) is 0 Å². The van der Waals surface area contributed by atoms with E-state index in [2.05, 4.69) is 10.6 Å². The average Bonchev–Trinajstić information content (AvgIpc) is 3.28. The van der Waals surface area contributed by atoms with Gasteiger partial charge in [0.25, 0.3) is 0 Å². The fourth-order valence-electron chi connectivity index (χ4n) is 6.67. The molecule has 3 fully saturated rings. The Labute approximate surface area is 266 Å². The standard InChI is InChI=1S/C32H42F2N4O8/c1-30(2,3)46-28(43)35-23-11-13-31(33,34)12-7-6-10-21-15-32(21,27(41)42)36-25(39)24-14-22(18-38(24)26(23)40)45-29(44)37-16-19-8-4-5-9-20(19)17-37/h4-5,8-9,21-24H,6-7,10-18H2,1-3H3,(H,35,43)(H,36,39)(H,41,42)/t21-,22-,23+,24+,32-/m1/s1. The van der Waals surface area contributed by atoms with Crippen LogP contribution < -0.4 is 10.6 Å². The van der Waals surface area contributed by atoms with Crippen LogP contribution in [0.15, 0.2) is 24.3 Å². The Morgan fingerprint density at radius 1 is 1.04 bits per heavy atom. The first-order valence-corrected chi connectivity index (χ1v) is 15.8. The van der Waals surface area contributed by atoms with E-state index in [1.807, 2.05) is 24.3 Å². The van der Waals surface area contributed by atoms with Gasteiger partial charge in [-0.3, -0.25) is 14.5 Å². The van der Waals surface area contributed by atoms with E-state index < -0.39 is 90.4 Å². The van der Waals surface area contributed by atoms with Gasteiger partial charge in [0.05, 0.1) is 6.54 Å². The zero-order valence-corrected chi connectivity index (χ0v) is 26.4. The number of carbonyl (C=O) groups excluding carboxylic acids is 4. The predicted molar refractivity (Wildman–Crippen MR) is 158 cm³/mol. The molecule has 46 heavy (non-hydrogen) atoms. The van der Waals surface area contributed by atoms with E-state index in [-0.39, 0.29) is 25.8 Å². The van der Waals surface area contributed by atoms with Crippen molar-refractivity contribution in [1.29, 1.82) is 0 Å². The Morgan fingerprint density at radius 2 is 1.72 bits per heavy atom. The smallest absolute Gasteiger partial charge is 0.410 e. The molecule has 5 rings (SSSR count). The number of nitrogens with zero attached hydrogens (tertiary/aromatic N) is 2. The second-order valence-electron chi connectivity index (χ2n) is 13.9. The molecule has 2 saturated heterocycles. The number of carboxylic acids is 1. The van der Waals surface area contributed by atoms with Crippen LogP contribution in [0.4, 0.5) is 18.4 Å². The number of amides is 4. The van der Waals surface area contributed by atoms with Crippen molar-refractivity contribution in [1.82, 2.24) is 20.4 Å². The molecule has 3 heterocycles. The maximum atomic E-state index is 15.0. The third-order valence-corrected chi connectivity index (χ3v) is 9.18. The molecule has 5 atom stereocenters. The number of alkyl halides is 2. The second kappa shape index (κ2) is 12.7. The molecule has 4 amide bonds. The fraction of sp³-hybridized carbons (Fsp3) is 0.656. The van der Waals surface area contributed by atoms with Gasteiger partial charge in [0.2, 0.25) is 17.7 Å². The van der Waals surface area contributed by atoms with Gasteiger partial charge in [-0.1, -0.05) is 30.7 Å². The van der Waals surface area contributed by atoms with Gasteiger partial charge in [-0.05, 0) is 63.5 Å². The van der Waals surface area contributed by atoms with Crippen molar-refractivity contribution in [3.63, 3.8) is 0 Å². The molecule has 4 aliphatic rings. The van der Waals surface area contributed by atoms with E-state index in [9.17, 15) is 37.9 Å². The summed E-state index contributed by atoms with van der Waals surface area (Å²) in [5.74, 6) is -6.41. The number of aliphatic carboxylic acids is 1. The lowest BCUT2D eigenvalue weighted by Gasteiger charge is -2.30. The lowest BCUT2D eigenvalue weighted by Crippen LogP contribution is -2.56. The summed E-state index contributed by atoms with van der Waals surface area (Å²) in [7, 11) is 0. The number of fused-ring (bicyclic) bond motifs is 3. The van der Waals surface area contributed by atoms with Crippen LogP contribution in [-0.4, -0.2) is 86.7 Å². The minimum Gasteiger partial charge on any atom is -0.479 e. The zero-order valence-electron chi connectivity index (χ0n) is 26.4. The van der Waals surface area contributed by atoms with Crippen LogP contribution in [0.25, 0.3) is 0 Å². The highest BCUT2D eigenvalue weighted by Crippen LogP contribution is 2.48. The lowest BCUT2D eigenvalue weighted by molar-refractivity contribution is -0.146. The van der Waals surface area contributed by atoms with Gasteiger partial charge >= 0.3 is 18.2 Å². The number of alkyl carbamates (subject to hydrolysis) is 1. The van der Waals surface area contributed by atoms with Crippen LogP contribution in [0.5, 0.6) is 0 Å². The van der Waals surface area contributed by atoms with Gasteiger partial charge in [0, 0.05) is 32.4 Å². The van der Waals surface area contributed by atoms with E-state index in [1.165, 1.54) is 4.90 Å². The van der Waals surface area contributed by atoms with Gasteiger partial charge in [-0.15, -0.1) is 0 Å². The molecule has 3 N–H and O–H groups in total. The minimum atomic E-state index is -3.15. The Hall–Kier alpha value is -3.97. The van der Waals surface area contributed by atoms with Crippen molar-refractivity contribution in [2.24, 2.45) is 5.92 Å². The summed E-state index contributed by atoms with van der Waals surface area (Å²) in [6.07, 6.45) is -3.38. The second-order valence-corrected chi connectivity index (χ2v) is 13.9. The molecule has 12 nitrogen and oxygen atoms in total. The number of carboxylic acid groups (broad SMARTS) is 1. The lowest BCUT2D eigenvalue weighted by atomic mass is 10.00. The molecule has 0 spiro atoms. The Bertz CT molecular complexity index is 1360. The molecule has 0 radical (unpaired) electrons. The molecular formula is C32H42F2N4O8. The number of ether oxygens (including phenoxy) is 2. The first-order valence-electron chi connectivity index (χ1n) is 15.8. The highest BCUT2D eigenvalue weighted by Gasteiger charge is 2.62. The number of halogens is 2. The SMILES string of the molecule is CC(C)(C)OC(=O)N[C@H]1CCC(F)(F)CCCC[C@@H]2C[C@@]2(C(=O)O)NC(=O)[C@@H]2C[C@@H](OC(=O)N3Cc4ccccc4C3)CN2C1=O. The van der Waals surface area contributed by atoms with Crippen molar-refractivity contribution >= 4 is 30.0 Å². The van der Waals surface area contributed by atoms with Crippen LogP contribution in [0.3, 0.4) is 0 Å². The van der Waals surface area contributed by atoms with Crippen LogP contribution in [0.1, 0.15) is 83.3 Å². The summed E-state index contributed by atoms with van der Waals surface area (Å²) < 4.78 is 41.0. The van der Waals surface area contributed by atoms with Crippen LogP contribution in [0, 0.1) is 5.92 Å². The largest absolute Gasteiger partial charge is 0.479 e. The third-order valence-electron chi connectivity index (χ3n) is 9.18. The van der Waals surface area contributed by atoms with Gasteiger partial charge in [-0.2, -0.15) is 0 Å². The first-order chi connectivity index (χ1) is 21.6. The maximum Gasteiger partial charge on any atom is 0.410 e. The molecule has 1 aromatic carbocycles. The number of nitrogens with one attached hydrogen (secondary N) is 2. The topological polar surface area (TPSA) is 155 Å². The highest BCUT2D eigenvalue weighted by molar-refractivity contribution is 5.96. The molecule has 1 aliphatic carbocycles. The molecule has 0 aromatic heterocycles. The number of benzene rings is 1. The maximum absolute atomic E-state index is 15.0. The van der Waals surface area contributed by atoms with E-state index >= 15 is 0 Å². The van der Waals surface area contributed by atoms with Gasteiger partial charge < -0.3 is 30.1 Å². The monoisotopic (exact) mass is 648 g/mol. The number of hydrogen-bond acceptors (Lipinski definition) is 7. The quantitative estimate of drug-likeness (QED) is 0.445. The number of carbonyl (C=O) groups is 5. The summed E-state index contributed by atoms with van der Waals surface area (Å²) in [6, 6.07) is 4.79. The zero-order chi connectivity index (χ0) is 33.4. The molecule has 1 aromatic rings.